The first-order valence-corrected chi connectivity index (χ1v) is 8.48. The lowest BCUT2D eigenvalue weighted by atomic mass is 10.0. The molecule has 0 N–H and O–H groups in total. The lowest BCUT2D eigenvalue weighted by molar-refractivity contribution is -0.135. The predicted octanol–water partition coefficient (Wildman–Crippen LogP) is 3.47. The highest BCUT2D eigenvalue weighted by atomic mass is 35.5. The number of likely N-dealkylation sites (N-methyl/N-ethyl adjacent to an activating group) is 1. The second-order valence-electron chi connectivity index (χ2n) is 5.93. The Hall–Kier alpha value is -2.73. The van der Waals surface area contributed by atoms with Gasteiger partial charge in [0, 0.05) is 30.6 Å². The number of halogens is 2. The van der Waals surface area contributed by atoms with E-state index in [2.05, 4.69) is 5.10 Å². The first kappa shape index (κ1) is 18.1. The summed E-state index contributed by atoms with van der Waals surface area (Å²) in [6.45, 7) is -0.164. The molecule has 7 heteroatoms. The minimum atomic E-state index is -0.335. The Morgan fingerprint density at radius 2 is 1.81 bits per heavy atom. The SMILES string of the molecule is CN(C(=O)CN1N=C(c2ccc(F)cc2)CCC1=O)c1ccc(Cl)cc1. The second-order valence-corrected chi connectivity index (χ2v) is 6.37. The minimum Gasteiger partial charge on any atom is -0.314 e. The van der Waals surface area contributed by atoms with Crippen LogP contribution in [0.5, 0.6) is 0 Å². The molecule has 1 aliphatic rings. The van der Waals surface area contributed by atoms with Crippen LogP contribution in [-0.4, -0.2) is 36.1 Å². The van der Waals surface area contributed by atoms with Gasteiger partial charge in [-0.15, -0.1) is 0 Å². The van der Waals surface area contributed by atoms with Crippen LogP contribution in [0.25, 0.3) is 0 Å². The summed E-state index contributed by atoms with van der Waals surface area (Å²) in [6, 6.07) is 12.8. The fourth-order valence-electron chi connectivity index (χ4n) is 2.62. The maximum absolute atomic E-state index is 13.1. The van der Waals surface area contributed by atoms with Crippen LogP contribution >= 0.6 is 11.6 Å². The van der Waals surface area contributed by atoms with E-state index in [9.17, 15) is 14.0 Å². The summed E-state index contributed by atoms with van der Waals surface area (Å²) in [5, 5.41) is 6.06. The van der Waals surface area contributed by atoms with Gasteiger partial charge in [-0.05, 0) is 42.0 Å². The Kier molecular flexibility index (Phi) is 5.32. The largest absolute Gasteiger partial charge is 0.314 e. The first-order chi connectivity index (χ1) is 12.4. The molecule has 2 aromatic rings. The van der Waals surface area contributed by atoms with E-state index in [1.807, 2.05) is 0 Å². The molecule has 3 rings (SSSR count). The van der Waals surface area contributed by atoms with E-state index < -0.39 is 0 Å². The molecule has 0 aliphatic carbocycles. The predicted molar refractivity (Wildman–Crippen MR) is 98.7 cm³/mol. The van der Waals surface area contributed by atoms with E-state index in [4.69, 9.17) is 11.6 Å². The highest BCUT2D eigenvalue weighted by molar-refractivity contribution is 6.30. The number of carbonyl (C=O) groups excluding carboxylic acids is 2. The van der Waals surface area contributed by atoms with Gasteiger partial charge in [-0.1, -0.05) is 23.7 Å². The third-order valence-corrected chi connectivity index (χ3v) is 4.41. The molecule has 0 radical (unpaired) electrons. The van der Waals surface area contributed by atoms with Crippen LogP contribution in [0.15, 0.2) is 53.6 Å². The summed E-state index contributed by atoms with van der Waals surface area (Å²) >= 11 is 5.86. The van der Waals surface area contributed by atoms with Crippen LogP contribution in [0.3, 0.4) is 0 Å². The third kappa shape index (κ3) is 4.08. The van der Waals surface area contributed by atoms with Gasteiger partial charge >= 0.3 is 0 Å². The molecule has 2 amide bonds. The molecule has 0 unspecified atom stereocenters. The van der Waals surface area contributed by atoms with Crippen molar-refractivity contribution < 1.29 is 14.0 Å². The molecule has 0 aromatic heterocycles. The molecule has 0 fully saturated rings. The highest BCUT2D eigenvalue weighted by Crippen LogP contribution is 2.19. The first-order valence-electron chi connectivity index (χ1n) is 8.10. The van der Waals surface area contributed by atoms with Crippen molar-refractivity contribution in [3.63, 3.8) is 0 Å². The Balaban J connectivity index is 1.75. The number of rotatable bonds is 4. The number of nitrogens with zero attached hydrogens (tertiary/aromatic N) is 3. The summed E-state index contributed by atoms with van der Waals surface area (Å²) in [7, 11) is 1.63. The van der Waals surface area contributed by atoms with Crippen molar-refractivity contribution in [1.29, 1.82) is 0 Å². The molecule has 0 saturated heterocycles. The standard InChI is InChI=1S/C19H17ClFN3O2/c1-23(16-8-4-14(20)5-9-16)19(26)12-24-18(25)11-10-17(22-24)13-2-6-15(21)7-3-13/h2-9H,10-12H2,1H3. The monoisotopic (exact) mass is 373 g/mol. The van der Waals surface area contributed by atoms with Gasteiger partial charge < -0.3 is 4.90 Å². The zero-order valence-corrected chi connectivity index (χ0v) is 14.9. The molecule has 5 nitrogen and oxygen atoms in total. The van der Waals surface area contributed by atoms with Gasteiger partial charge in [-0.3, -0.25) is 9.59 Å². The van der Waals surface area contributed by atoms with Crippen LogP contribution in [0.1, 0.15) is 18.4 Å². The maximum atomic E-state index is 13.1. The number of hydrazone groups is 1. The Bertz CT molecular complexity index is 850. The molecule has 1 heterocycles. The molecule has 2 aromatic carbocycles. The van der Waals surface area contributed by atoms with Gasteiger partial charge in [0.1, 0.15) is 12.4 Å². The van der Waals surface area contributed by atoms with E-state index in [0.29, 0.717) is 22.8 Å². The summed E-state index contributed by atoms with van der Waals surface area (Å²) < 4.78 is 13.1. The lowest BCUT2D eigenvalue weighted by Crippen LogP contribution is -2.41. The van der Waals surface area contributed by atoms with E-state index in [1.54, 1.807) is 43.4 Å². The fourth-order valence-corrected chi connectivity index (χ4v) is 2.74. The minimum absolute atomic E-state index is 0.164. The number of benzene rings is 2. The molecule has 1 aliphatic heterocycles. The van der Waals surface area contributed by atoms with Gasteiger partial charge in [0.15, 0.2) is 0 Å². The molecular formula is C19H17ClFN3O2. The van der Waals surface area contributed by atoms with Crippen molar-refractivity contribution in [1.82, 2.24) is 5.01 Å². The molecule has 134 valence electrons. The Morgan fingerprint density at radius 1 is 1.15 bits per heavy atom. The Morgan fingerprint density at radius 3 is 2.46 bits per heavy atom. The second kappa shape index (κ2) is 7.66. The summed E-state index contributed by atoms with van der Waals surface area (Å²) in [4.78, 5) is 26.1. The van der Waals surface area contributed by atoms with E-state index >= 15 is 0 Å². The Labute approximate surface area is 155 Å². The van der Waals surface area contributed by atoms with Crippen molar-refractivity contribution in [3.8, 4) is 0 Å². The molecular weight excluding hydrogens is 357 g/mol. The van der Waals surface area contributed by atoms with Crippen molar-refractivity contribution in [3.05, 3.63) is 64.9 Å². The van der Waals surface area contributed by atoms with Crippen molar-refractivity contribution in [2.75, 3.05) is 18.5 Å². The molecule has 0 bridgehead atoms. The average Bonchev–Trinajstić information content (AvgIpc) is 2.64. The number of carbonyl (C=O) groups is 2. The zero-order valence-electron chi connectivity index (χ0n) is 14.2. The number of hydrogen-bond donors (Lipinski definition) is 0. The molecule has 26 heavy (non-hydrogen) atoms. The van der Waals surface area contributed by atoms with E-state index in [1.165, 1.54) is 22.0 Å². The van der Waals surface area contributed by atoms with Crippen LogP contribution in [0.4, 0.5) is 10.1 Å². The maximum Gasteiger partial charge on any atom is 0.248 e. The van der Waals surface area contributed by atoms with Crippen LogP contribution in [-0.2, 0) is 9.59 Å². The van der Waals surface area contributed by atoms with Crippen molar-refractivity contribution in [2.24, 2.45) is 5.10 Å². The van der Waals surface area contributed by atoms with Gasteiger partial charge in [-0.2, -0.15) is 5.10 Å². The van der Waals surface area contributed by atoms with Gasteiger partial charge in [-0.25, -0.2) is 9.40 Å². The zero-order chi connectivity index (χ0) is 18.7. The smallest absolute Gasteiger partial charge is 0.248 e. The van der Waals surface area contributed by atoms with Gasteiger partial charge in [0.25, 0.3) is 0 Å². The molecule has 0 spiro atoms. The molecule has 0 saturated carbocycles. The number of hydrogen-bond acceptors (Lipinski definition) is 3. The van der Waals surface area contributed by atoms with Crippen LogP contribution < -0.4 is 4.90 Å². The topological polar surface area (TPSA) is 53.0 Å². The number of anilines is 1. The van der Waals surface area contributed by atoms with E-state index in [0.717, 1.165) is 5.56 Å². The summed E-state index contributed by atoms with van der Waals surface area (Å²) in [5.74, 6) is -0.823. The van der Waals surface area contributed by atoms with Crippen LogP contribution in [0, 0.1) is 5.82 Å². The summed E-state index contributed by atoms with van der Waals surface area (Å²) in [5.41, 5.74) is 2.07. The average molecular weight is 374 g/mol. The van der Waals surface area contributed by atoms with Crippen molar-refractivity contribution >= 4 is 34.8 Å². The van der Waals surface area contributed by atoms with Crippen molar-refractivity contribution in [2.45, 2.75) is 12.8 Å². The molecule has 0 atom stereocenters. The van der Waals surface area contributed by atoms with E-state index in [-0.39, 0.29) is 30.6 Å². The van der Waals surface area contributed by atoms with Crippen LogP contribution in [0.2, 0.25) is 5.02 Å². The fraction of sp³-hybridized carbons (Fsp3) is 0.211. The van der Waals surface area contributed by atoms with Gasteiger partial charge in [0.2, 0.25) is 11.8 Å². The quantitative estimate of drug-likeness (QED) is 0.824. The summed E-state index contributed by atoms with van der Waals surface area (Å²) in [6.07, 6.45) is 0.719. The highest BCUT2D eigenvalue weighted by Gasteiger charge is 2.25. The normalized spacial score (nSPS) is 14.2. The third-order valence-electron chi connectivity index (χ3n) is 4.16. The number of amides is 2. The van der Waals surface area contributed by atoms with Gasteiger partial charge in [0.05, 0.1) is 5.71 Å². The lowest BCUT2D eigenvalue weighted by Gasteiger charge is -2.25.